The van der Waals surface area contributed by atoms with Gasteiger partial charge in [-0.1, -0.05) is 28.6 Å². The van der Waals surface area contributed by atoms with Gasteiger partial charge in [0.25, 0.3) is 0 Å². The van der Waals surface area contributed by atoms with Crippen LogP contribution in [0.4, 0.5) is 5.13 Å². The number of thiazole rings is 1. The molecule has 21 heavy (non-hydrogen) atoms. The second-order valence-electron chi connectivity index (χ2n) is 5.43. The van der Waals surface area contributed by atoms with Crippen LogP contribution in [0.15, 0.2) is 28.8 Å². The van der Waals surface area contributed by atoms with E-state index in [0.717, 1.165) is 42.5 Å². The lowest BCUT2D eigenvalue weighted by atomic mass is 9.98. The molecule has 3 heterocycles. The normalized spacial score (nSPS) is 19.3. The van der Waals surface area contributed by atoms with E-state index in [2.05, 4.69) is 33.2 Å². The molecule has 1 fully saturated rings. The molecule has 0 unspecified atom stereocenters. The van der Waals surface area contributed by atoms with Crippen molar-refractivity contribution in [1.82, 2.24) is 15.1 Å². The van der Waals surface area contributed by atoms with E-state index in [1.807, 2.05) is 13.0 Å². The number of aromatic nitrogens is 3. The Morgan fingerprint density at radius 2 is 2.19 bits per heavy atom. The molecule has 0 amide bonds. The van der Waals surface area contributed by atoms with E-state index in [1.54, 1.807) is 11.3 Å². The number of benzene rings is 1. The average Bonchev–Trinajstić information content (AvgIpc) is 3.13. The number of rotatable bonds is 2. The maximum Gasteiger partial charge on any atom is 0.231 e. The second kappa shape index (κ2) is 5.11. The first-order valence-corrected chi connectivity index (χ1v) is 8.02. The van der Waals surface area contributed by atoms with E-state index >= 15 is 0 Å². The average molecular weight is 300 g/mol. The molecule has 2 aromatic heterocycles. The molecule has 0 radical (unpaired) electrons. The summed E-state index contributed by atoms with van der Waals surface area (Å²) in [5, 5.41) is 5.00. The van der Waals surface area contributed by atoms with Crippen LogP contribution in [0.2, 0.25) is 0 Å². The van der Waals surface area contributed by atoms with Gasteiger partial charge in [0.05, 0.1) is 16.1 Å². The fourth-order valence-electron chi connectivity index (χ4n) is 2.83. The maximum absolute atomic E-state index is 5.34. The zero-order valence-corrected chi connectivity index (χ0v) is 12.6. The number of aryl methyl sites for hydroxylation is 1. The number of piperidine rings is 1. The smallest absolute Gasteiger partial charge is 0.231 e. The third-order valence-electron chi connectivity index (χ3n) is 3.87. The standard InChI is InChI=1S/C15H16N4OS/c1-10-16-14(20-18-10)11-5-4-8-19(9-11)15-17-12-6-2-3-7-13(12)21-15/h2-3,6-7,11H,4-5,8-9H2,1H3/t11-/m1/s1. The lowest BCUT2D eigenvalue weighted by Crippen LogP contribution is -2.34. The number of para-hydroxylation sites is 1. The van der Waals surface area contributed by atoms with Crippen LogP contribution >= 0.6 is 11.3 Å². The fraction of sp³-hybridized carbons (Fsp3) is 0.400. The van der Waals surface area contributed by atoms with E-state index in [1.165, 1.54) is 4.70 Å². The van der Waals surface area contributed by atoms with E-state index in [9.17, 15) is 0 Å². The highest BCUT2D eigenvalue weighted by Crippen LogP contribution is 2.33. The van der Waals surface area contributed by atoms with E-state index < -0.39 is 0 Å². The summed E-state index contributed by atoms with van der Waals surface area (Å²) in [4.78, 5) is 11.5. The van der Waals surface area contributed by atoms with Crippen LogP contribution in [0, 0.1) is 6.92 Å². The van der Waals surface area contributed by atoms with Crippen molar-refractivity contribution < 1.29 is 4.52 Å². The van der Waals surface area contributed by atoms with Crippen molar-refractivity contribution in [3.63, 3.8) is 0 Å². The molecular weight excluding hydrogens is 284 g/mol. The molecule has 0 N–H and O–H groups in total. The highest BCUT2D eigenvalue weighted by Gasteiger charge is 2.27. The zero-order valence-electron chi connectivity index (χ0n) is 11.8. The van der Waals surface area contributed by atoms with Crippen molar-refractivity contribution in [1.29, 1.82) is 0 Å². The molecule has 3 aromatic rings. The summed E-state index contributed by atoms with van der Waals surface area (Å²) in [7, 11) is 0. The summed E-state index contributed by atoms with van der Waals surface area (Å²) in [6.07, 6.45) is 2.23. The maximum atomic E-state index is 5.34. The second-order valence-corrected chi connectivity index (χ2v) is 6.44. The molecule has 6 heteroatoms. The van der Waals surface area contributed by atoms with Crippen LogP contribution < -0.4 is 4.90 Å². The molecular formula is C15H16N4OS. The quantitative estimate of drug-likeness (QED) is 0.726. The van der Waals surface area contributed by atoms with Crippen molar-refractivity contribution in [3.8, 4) is 0 Å². The number of hydrogen-bond acceptors (Lipinski definition) is 6. The first-order valence-electron chi connectivity index (χ1n) is 7.20. The highest BCUT2D eigenvalue weighted by atomic mass is 32.1. The summed E-state index contributed by atoms with van der Waals surface area (Å²) in [6.45, 7) is 3.81. The summed E-state index contributed by atoms with van der Waals surface area (Å²) >= 11 is 1.75. The molecule has 1 saturated heterocycles. The van der Waals surface area contributed by atoms with Crippen molar-refractivity contribution in [3.05, 3.63) is 36.0 Å². The van der Waals surface area contributed by atoms with Crippen LogP contribution in [0.5, 0.6) is 0 Å². The lowest BCUT2D eigenvalue weighted by Gasteiger charge is -2.30. The number of fused-ring (bicyclic) bond motifs is 1. The first-order chi connectivity index (χ1) is 10.3. The van der Waals surface area contributed by atoms with Gasteiger partial charge in [-0.3, -0.25) is 0 Å². The molecule has 1 aromatic carbocycles. The zero-order chi connectivity index (χ0) is 14.2. The third kappa shape index (κ3) is 2.40. The Balaban J connectivity index is 1.60. The number of anilines is 1. The Labute approximate surface area is 126 Å². The van der Waals surface area contributed by atoms with Gasteiger partial charge in [0, 0.05) is 13.1 Å². The fourth-order valence-corrected chi connectivity index (χ4v) is 3.83. The Morgan fingerprint density at radius 3 is 3.00 bits per heavy atom. The Hall–Kier alpha value is -1.95. The van der Waals surface area contributed by atoms with Gasteiger partial charge in [-0.2, -0.15) is 4.98 Å². The Kier molecular flexibility index (Phi) is 3.11. The number of hydrogen-bond donors (Lipinski definition) is 0. The van der Waals surface area contributed by atoms with Crippen LogP contribution in [-0.4, -0.2) is 28.2 Å². The predicted molar refractivity (Wildman–Crippen MR) is 82.8 cm³/mol. The van der Waals surface area contributed by atoms with Crippen molar-refractivity contribution in [2.24, 2.45) is 0 Å². The van der Waals surface area contributed by atoms with Crippen LogP contribution in [0.3, 0.4) is 0 Å². The molecule has 0 saturated carbocycles. The van der Waals surface area contributed by atoms with Gasteiger partial charge in [-0.25, -0.2) is 4.98 Å². The Bertz CT molecular complexity index is 733. The molecule has 0 bridgehead atoms. The minimum atomic E-state index is 0.312. The van der Waals surface area contributed by atoms with Gasteiger partial charge in [-0.05, 0) is 31.9 Å². The van der Waals surface area contributed by atoms with E-state index in [0.29, 0.717) is 11.7 Å². The minimum absolute atomic E-state index is 0.312. The molecule has 0 spiro atoms. The summed E-state index contributed by atoms with van der Waals surface area (Å²) < 4.78 is 6.58. The van der Waals surface area contributed by atoms with Crippen molar-refractivity contribution >= 4 is 26.7 Å². The summed E-state index contributed by atoms with van der Waals surface area (Å²) in [6, 6.07) is 8.29. The van der Waals surface area contributed by atoms with Gasteiger partial charge in [0.15, 0.2) is 11.0 Å². The minimum Gasteiger partial charge on any atom is -0.347 e. The van der Waals surface area contributed by atoms with Gasteiger partial charge >= 0.3 is 0 Å². The van der Waals surface area contributed by atoms with E-state index in [-0.39, 0.29) is 0 Å². The van der Waals surface area contributed by atoms with Gasteiger partial charge in [0.1, 0.15) is 0 Å². The predicted octanol–water partition coefficient (Wildman–Crippen LogP) is 3.37. The molecule has 1 atom stereocenters. The topological polar surface area (TPSA) is 55.1 Å². The van der Waals surface area contributed by atoms with Crippen LogP contribution in [0.25, 0.3) is 10.2 Å². The monoisotopic (exact) mass is 300 g/mol. The number of nitrogens with zero attached hydrogens (tertiary/aromatic N) is 4. The largest absolute Gasteiger partial charge is 0.347 e. The van der Waals surface area contributed by atoms with Gasteiger partial charge < -0.3 is 9.42 Å². The molecule has 1 aliphatic rings. The third-order valence-corrected chi connectivity index (χ3v) is 4.96. The van der Waals surface area contributed by atoms with E-state index in [4.69, 9.17) is 9.51 Å². The van der Waals surface area contributed by atoms with Gasteiger partial charge in [-0.15, -0.1) is 0 Å². The highest BCUT2D eigenvalue weighted by molar-refractivity contribution is 7.22. The van der Waals surface area contributed by atoms with Crippen LogP contribution in [0.1, 0.15) is 30.5 Å². The lowest BCUT2D eigenvalue weighted by molar-refractivity contribution is 0.331. The summed E-state index contributed by atoms with van der Waals surface area (Å²) in [5.41, 5.74) is 1.08. The van der Waals surface area contributed by atoms with Crippen molar-refractivity contribution in [2.45, 2.75) is 25.7 Å². The molecule has 1 aliphatic heterocycles. The first kappa shape index (κ1) is 12.8. The molecule has 0 aliphatic carbocycles. The molecule has 5 nitrogen and oxygen atoms in total. The van der Waals surface area contributed by atoms with Crippen LogP contribution in [-0.2, 0) is 0 Å². The Morgan fingerprint density at radius 1 is 1.29 bits per heavy atom. The van der Waals surface area contributed by atoms with Crippen molar-refractivity contribution in [2.75, 3.05) is 18.0 Å². The molecule has 4 rings (SSSR count). The SMILES string of the molecule is Cc1noc([C@@H]2CCCN(c3nc4ccccc4s3)C2)n1. The molecule has 108 valence electrons. The summed E-state index contributed by atoms with van der Waals surface area (Å²) in [5.74, 6) is 1.78. The van der Waals surface area contributed by atoms with Gasteiger partial charge in [0.2, 0.25) is 5.89 Å².